The quantitative estimate of drug-likeness (QED) is 0.719. The summed E-state index contributed by atoms with van der Waals surface area (Å²) < 4.78 is 5.53. The molecule has 0 fully saturated rings. The molecule has 1 aromatic carbocycles. The van der Waals surface area contributed by atoms with Crippen molar-refractivity contribution in [2.75, 3.05) is 6.54 Å². The number of carbonyl (C=O) groups is 2. The molecule has 1 amide bonds. The van der Waals surface area contributed by atoms with Crippen LogP contribution in [0, 0.1) is 0 Å². The largest absolute Gasteiger partial charge is 0.506 e. The Balaban J connectivity index is 2.56. The van der Waals surface area contributed by atoms with E-state index in [1.165, 1.54) is 12.1 Å². The molecule has 2 aromatic rings. The van der Waals surface area contributed by atoms with Crippen molar-refractivity contribution in [1.29, 1.82) is 0 Å². The first kappa shape index (κ1) is 14.1. The monoisotopic (exact) mass is 341 g/mol. The summed E-state index contributed by atoms with van der Waals surface area (Å²) in [5.74, 6) is -2.84. The Morgan fingerprint density at radius 1 is 1.35 bits per heavy atom. The number of hydrogen-bond acceptors (Lipinski definition) is 5. The van der Waals surface area contributed by atoms with Crippen molar-refractivity contribution in [2.45, 2.75) is 0 Å². The van der Waals surface area contributed by atoms with Crippen LogP contribution in [0.5, 0.6) is 5.75 Å². The topological polar surface area (TPSA) is 117 Å². The molecule has 0 spiro atoms. The number of benzene rings is 1. The average Bonchev–Trinajstić information content (AvgIpc) is 2.37. The summed E-state index contributed by atoms with van der Waals surface area (Å²) in [6.45, 7) is -0.672. The van der Waals surface area contributed by atoms with Gasteiger partial charge in [-0.25, -0.2) is 4.79 Å². The lowest BCUT2D eigenvalue weighted by Gasteiger charge is -2.06. The summed E-state index contributed by atoms with van der Waals surface area (Å²) in [4.78, 5) is 33.8. The molecule has 0 saturated carbocycles. The number of carboxylic acids is 1. The van der Waals surface area contributed by atoms with Crippen LogP contribution in [0.1, 0.15) is 10.4 Å². The zero-order chi connectivity index (χ0) is 14.9. The summed E-state index contributed by atoms with van der Waals surface area (Å²) in [6.07, 6.45) is 0. The van der Waals surface area contributed by atoms with Gasteiger partial charge in [-0.3, -0.25) is 9.59 Å². The zero-order valence-corrected chi connectivity index (χ0v) is 11.4. The Bertz CT molecular complexity index is 766. The summed E-state index contributed by atoms with van der Waals surface area (Å²) in [6, 6.07) is 4.54. The predicted molar refractivity (Wildman–Crippen MR) is 71.8 cm³/mol. The minimum atomic E-state index is -1.27. The molecule has 7 nitrogen and oxygen atoms in total. The molecule has 0 atom stereocenters. The van der Waals surface area contributed by atoms with E-state index in [0.29, 0.717) is 4.47 Å². The molecule has 0 bridgehead atoms. The van der Waals surface area contributed by atoms with Gasteiger partial charge in [0.05, 0.1) is 5.39 Å². The van der Waals surface area contributed by atoms with Gasteiger partial charge in [-0.05, 0) is 18.2 Å². The summed E-state index contributed by atoms with van der Waals surface area (Å²) in [7, 11) is 0. The number of aromatic hydroxyl groups is 1. The number of rotatable bonds is 3. The van der Waals surface area contributed by atoms with Gasteiger partial charge in [0.2, 0.25) is 0 Å². The van der Waals surface area contributed by atoms with Crippen molar-refractivity contribution in [3.8, 4) is 5.75 Å². The Morgan fingerprint density at radius 3 is 2.70 bits per heavy atom. The Morgan fingerprint density at radius 2 is 2.05 bits per heavy atom. The molecule has 0 radical (unpaired) electrons. The van der Waals surface area contributed by atoms with Crippen LogP contribution in [0.15, 0.2) is 31.9 Å². The molecular formula is C12H8BrNO6. The van der Waals surface area contributed by atoms with Crippen LogP contribution in [-0.2, 0) is 4.79 Å². The van der Waals surface area contributed by atoms with Crippen LogP contribution in [-0.4, -0.2) is 28.6 Å². The third-order valence-corrected chi connectivity index (χ3v) is 2.96. The van der Waals surface area contributed by atoms with Gasteiger partial charge in [0.1, 0.15) is 17.9 Å². The second-order valence-corrected chi connectivity index (χ2v) is 4.75. The first-order valence-corrected chi connectivity index (χ1v) is 6.14. The number of aliphatic carboxylic acids is 1. The molecule has 2 rings (SSSR count). The van der Waals surface area contributed by atoms with E-state index in [-0.39, 0.29) is 11.0 Å². The van der Waals surface area contributed by atoms with Gasteiger partial charge in [0, 0.05) is 4.47 Å². The van der Waals surface area contributed by atoms with Gasteiger partial charge in [0.15, 0.2) is 5.56 Å². The molecule has 0 aliphatic rings. The highest BCUT2D eigenvalue weighted by Gasteiger charge is 2.21. The average molecular weight is 342 g/mol. The van der Waals surface area contributed by atoms with Crippen molar-refractivity contribution in [2.24, 2.45) is 0 Å². The lowest BCUT2D eigenvalue weighted by Crippen LogP contribution is -2.32. The molecular weight excluding hydrogens is 334 g/mol. The number of halogens is 1. The van der Waals surface area contributed by atoms with Gasteiger partial charge in [-0.2, -0.15) is 0 Å². The highest BCUT2D eigenvalue weighted by Crippen LogP contribution is 2.28. The molecule has 20 heavy (non-hydrogen) atoms. The third kappa shape index (κ3) is 2.64. The van der Waals surface area contributed by atoms with E-state index in [2.05, 4.69) is 15.9 Å². The molecule has 0 saturated heterocycles. The summed E-state index contributed by atoms with van der Waals surface area (Å²) >= 11 is 3.19. The van der Waals surface area contributed by atoms with Crippen molar-refractivity contribution in [3.05, 3.63) is 38.7 Å². The van der Waals surface area contributed by atoms with Crippen LogP contribution in [0.25, 0.3) is 11.0 Å². The van der Waals surface area contributed by atoms with Crippen LogP contribution < -0.4 is 10.9 Å². The van der Waals surface area contributed by atoms with E-state index in [1.54, 1.807) is 6.07 Å². The number of nitrogens with one attached hydrogen (secondary N) is 1. The van der Waals surface area contributed by atoms with E-state index in [4.69, 9.17) is 9.52 Å². The van der Waals surface area contributed by atoms with Gasteiger partial charge < -0.3 is 19.9 Å². The van der Waals surface area contributed by atoms with E-state index in [0.717, 1.165) is 0 Å². The summed E-state index contributed by atoms with van der Waals surface area (Å²) in [5, 5.41) is 20.6. The minimum Gasteiger partial charge on any atom is -0.506 e. The van der Waals surface area contributed by atoms with E-state index < -0.39 is 35.4 Å². The molecule has 8 heteroatoms. The Hall–Kier alpha value is -2.35. The predicted octanol–water partition coefficient (Wildman–Crippen LogP) is 1.08. The molecule has 0 aliphatic carbocycles. The van der Waals surface area contributed by atoms with Crippen LogP contribution >= 0.6 is 15.9 Å². The zero-order valence-electron chi connectivity index (χ0n) is 9.84. The smallest absolute Gasteiger partial charge is 0.353 e. The number of hydrogen-bond donors (Lipinski definition) is 3. The van der Waals surface area contributed by atoms with Crippen molar-refractivity contribution < 1.29 is 24.2 Å². The number of carbonyl (C=O) groups excluding carboxylic acids is 1. The number of amides is 1. The normalized spacial score (nSPS) is 10.4. The van der Waals surface area contributed by atoms with Crippen LogP contribution in [0.2, 0.25) is 0 Å². The number of fused-ring (bicyclic) bond motifs is 1. The maximum atomic E-state index is 11.7. The van der Waals surface area contributed by atoms with E-state index in [1.807, 2.05) is 5.32 Å². The molecule has 1 aromatic heterocycles. The Labute approximate surface area is 120 Å². The fraction of sp³-hybridized carbons (Fsp3) is 0.0833. The van der Waals surface area contributed by atoms with Gasteiger partial charge in [0.25, 0.3) is 5.91 Å². The lowest BCUT2D eigenvalue weighted by atomic mass is 10.1. The van der Waals surface area contributed by atoms with Crippen LogP contribution in [0.3, 0.4) is 0 Å². The standard InChI is InChI=1S/C12H8BrNO6/c13-5-1-2-7-6(3-5)10(17)9(12(19)20-7)11(18)14-4-8(15)16/h1-3,17H,4H2,(H,14,18)(H,15,16). The maximum absolute atomic E-state index is 11.7. The Kier molecular flexibility index (Phi) is 3.75. The van der Waals surface area contributed by atoms with Crippen molar-refractivity contribution in [3.63, 3.8) is 0 Å². The minimum absolute atomic E-state index is 0.116. The highest BCUT2D eigenvalue weighted by molar-refractivity contribution is 9.10. The lowest BCUT2D eigenvalue weighted by molar-refractivity contribution is -0.135. The fourth-order valence-corrected chi connectivity index (χ4v) is 1.96. The molecule has 3 N–H and O–H groups in total. The highest BCUT2D eigenvalue weighted by atomic mass is 79.9. The number of carboxylic acid groups (broad SMARTS) is 1. The van der Waals surface area contributed by atoms with Crippen LogP contribution in [0.4, 0.5) is 0 Å². The second kappa shape index (κ2) is 5.33. The molecule has 0 aliphatic heterocycles. The van der Waals surface area contributed by atoms with Crippen molar-refractivity contribution in [1.82, 2.24) is 5.32 Å². The third-order valence-electron chi connectivity index (χ3n) is 2.47. The second-order valence-electron chi connectivity index (χ2n) is 3.83. The van der Waals surface area contributed by atoms with Gasteiger partial charge in [-0.15, -0.1) is 0 Å². The molecule has 104 valence electrons. The summed E-state index contributed by atoms with van der Waals surface area (Å²) in [5.41, 5.74) is -1.55. The van der Waals surface area contributed by atoms with Crippen molar-refractivity contribution >= 4 is 38.8 Å². The SMILES string of the molecule is O=C(O)CNC(=O)c1c(O)c2cc(Br)ccc2oc1=O. The van der Waals surface area contributed by atoms with E-state index >= 15 is 0 Å². The van der Waals surface area contributed by atoms with Gasteiger partial charge in [-0.1, -0.05) is 15.9 Å². The fourth-order valence-electron chi connectivity index (χ4n) is 1.60. The first-order valence-electron chi connectivity index (χ1n) is 5.35. The molecule has 0 unspecified atom stereocenters. The van der Waals surface area contributed by atoms with E-state index in [9.17, 15) is 19.5 Å². The molecule has 1 heterocycles. The van der Waals surface area contributed by atoms with Gasteiger partial charge >= 0.3 is 11.6 Å². The maximum Gasteiger partial charge on any atom is 0.353 e. The first-order chi connectivity index (χ1) is 9.40.